The monoisotopic (exact) mass is 227 g/mol. The molecule has 1 saturated carbocycles. The molecule has 0 aromatic heterocycles. The zero-order valence-corrected chi connectivity index (χ0v) is 8.96. The van der Waals surface area contributed by atoms with Gasteiger partial charge < -0.3 is 10.5 Å². The van der Waals surface area contributed by atoms with Crippen molar-refractivity contribution >= 4 is 0 Å². The Kier molecular flexibility index (Phi) is 3.10. The molecule has 0 unspecified atom stereocenters. The molecule has 2 nitrogen and oxygen atoms in total. The highest BCUT2D eigenvalue weighted by molar-refractivity contribution is 5.34. The lowest BCUT2D eigenvalue weighted by atomic mass is 9.64. The van der Waals surface area contributed by atoms with Gasteiger partial charge in [0.1, 0.15) is 5.75 Å². The molecule has 2 N–H and O–H groups in total. The first-order valence-corrected chi connectivity index (χ1v) is 5.42. The quantitative estimate of drug-likeness (QED) is 0.858. The second kappa shape index (κ2) is 4.37. The third-order valence-corrected chi connectivity index (χ3v) is 3.39. The van der Waals surface area contributed by atoms with Crippen molar-refractivity contribution in [3.63, 3.8) is 0 Å². The highest BCUT2D eigenvalue weighted by atomic mass is 19.3. The van der Waals surface area contributed by atoms with Crippen LogP contribution in [0.3, 0.4) is 0 Å². The smallest absolute Gasteiger partial charge is 0.387 e. The van der Waals surface area contributed by atoms with Gasteiger partial charge in [-0.15, -0.1) is 0 Å². The van der Waals surface area contributed by atoms with Gasteiger partial charge in [-0.1, -0.05) is 18.6 Å². The summed E-state index contributed by atoms with van der Waals surface area (Å²) < 4.78 is 28.2. The van der Waals surface area contributed by atoms with Crippen LogP contribution in [0, 0.1) is 0 Å². The Balaban J connectivity index is 2.12. The molecule has 0 aliphatic heterocycles. The van der Waals surface area contributed by atoms with Gasteiger partial charge in [0, 0.05) is 12.0 Å². The Labute approximate surface area is 93.4 Å². The fourth-order valence-electron chi connectivity index (χ4n) is 2.20. The predicted molar refractivity (Wildman–Crippen MR) is 57.7 cm³/mol. The zero-order chi connectivity index (χ0) is 11.6. The van der Waals surface area contributed by atoms with Crippen molar-refractivity contribution < 1.29 is 13.5 Å². The van der Waals surface area contributed by atoms with E-state index in [9.17, 15) is 8.78 Å². The van der Waals surface area contributed by atoms with E-state index in [4.69, 9.17) is 5.73 Å². The minimum Gasteiger partial charge on any atom is -0.435 e. The average Bonchev–Trinajstić information content (AvgIpc) is 2.19. The van der Waals surface area contributed by atoms with Crippen molar-refractivity contribution in [3.8, 4) is 5.75 Å². The van der Waals surface area contributed by atoms with Crippen LogP contribution in [0.1, 0.15) is 24.8 Å². The maximum absolute atomic E-state index is 12.0. The summed E-state index contributed by atoms with van der Waals surface area (Å²) in [5, 5.41) is 0. The Morgan fingerprint density at radius 3 is 2.25 bits per heavy atom. The summed E-state index contributed by atoms with van der Waals surface area (Å²) in [5.74, 6) is 0.199. The predicted octanol–water partition coefficient (Wildman–Crippen LogP) is 2.67. The molecule has 0 amide bonds. The third kappa shape index (κ3) is 2.02. The van der Waals surface area contributed by atoms with Crippen molar-refractivity contribution in [2.75, 3.05) is 6.54 Å². The Morgan fingerprint density at radius 2 is 1.88 bits per heavy atom. The van der Waals surface area contributed by atoms with Gasteiger partial charge in [-0.2, -0.15) is 8.78 Å². The van der Waals surface area contributed by atoms with Gasteiger partial charge in [0.2, 0.25) is 0 Å². The van der Waals surface area contributed by atoms with E-state index in [1.165, 1.54) is 6.42 Å². The molecule has 0 radical (unpaired) electrons. The molecule has 1 fully saturated rings. The van der Waals surface area contributed by atoms with Crippen molar-refractivity contribution in [1.29, 1.82) is 0 Å². The largest absolute Gasteiger partial charge is 0.435 e. The molecule has 2 rings (SSSR count). The first kappa shape index (κ1) is 11.3. The first-order valence-electron chi connectivity index (χ1n) is 5.42. The summed E-state index contributed by atoms with van der Waals surface area (Å²) in [6.45, 7) is -2.15. The second-order valence-electron chi connectivity index (χ2n) is 4.24. The topological polar surface area (TPSA) is 35.2 Å². The lowest BCUT2D eigenvalue weighted by Gasteiger charge is -2.41. The van der Waals surface area contributed by atoms with E-state index in [2.05, 4.69) is 4.74 Å². The van der Waals surface area contributed by atoms with Gasteiger partial charge in [0.25, 0.3) is 0 Å². The van der Waals surface area contributed by atoms with E-state index in [0.717, 1.165) is 18.4 Å². The van der Waals surface area contributed by atoms with Gasteiger partial charge in [0.15, 0.2) is 0 Å². The number of alkyl halides is 2. The summed E-state index contributed by atoms with van der Waals surface area (Å²) in [7, 11) is 0. The number of benzene rings is 1. The molecule has 0 bridgehead atoms. The molecule has 1 aliphatic rings. The fraction of sp³-hybridized carbons (Fsp3) is 0.500. The second-order valence-corrected chi connectivity index (χ2v) is 4.24. The minimum atomic E-state index is -2.77. The number of hydrogen-bond donors (Lipinski definition) is 1. The van der Waals surface area contributed by atoms with Gasteiger partial charge in [-0.05, 0) is 30.5 Å². The van der Waals surface area contributed by atoms with E-state index in [1.807, 2.05) is 12.1 Å². The van der Waals surface area contributed by atoms with Crippen LogP contribution < -0.4 is 10.5 Å². The SMILES string of the molecule is NCC1(c2ccc(OC(F)F)cc2)CCC1. The van der Waals surface area contributed by atoms with E-state index >= 15 is 0 Å². The Bertz CT molecular complexity index is 341. The zero-order valence-electron chi connectivity index (χ0n) is 8.96. The lowest BCUT2D eigenvalue weighted by Crippen LogP contribution is -2.41. The summed E-state index contributed by atoms with van der Waals surface area (Å²) in [6, 6.07) is 6.84. The Hall–Kier alpha value is -1.16. The minimum absolute atomic E-state index is 0.0728. The van der Waals surface area contributed by atoms with Crippen molar-refractivity contribution in [3.05, 3.63) is 29.8 Å². The van der Waals surface area contributed by atoms with Crippen LogP contribution in [0.2, 0.25) is 0 Å². The molecule has 4 heteroatoms. The molecule has 1 aliphatic carbocycles. The van der Waals surface area contributed by atoms with Crippen LogP contribution >= 0.6 is 0 Å². The highest BCUT2D eigenvalue weighted by Gasteiger charge is 2.37. The molecule has 1 aromatic rings. The summed E-state index contributed by atoms with van der Waals surface area (Å²) in [6.07, 6.45) is 3.35. The van der Waals surface area contributed by atoms with Gasteiger partial charge in [-0.25, -0.2) is 0 Å². The van der Waals surface area contributed by atoms with Crippen molar-refractivity contribution in [2.24, 2.45) is 5.73 Å². The molecule has 16 heavy (non-hydrogen) atoms. The van der Waals surface area contributed by atoms with Crippen LogP contribution in [0.25, 0.3) is 0 Å². The maximum Gasteiger partial charge on any atom is 0.387 e. The molecular formula is C12H15F2NO. The van der Waals surface area contributed by atoms with E-state index in [1.54, 1.807) is 12.1 Å². The summed E-state index contributed by atoms with van der Waals surface area (Å²) in [5.41, 5.74) is 6.97. The van der Waals surface area contributed by atoms with Crippen molar-refractivity contribution in [1.82, 2.24) is 0 Å². The molecule has 88 valence electrons. The lowest BCUT2D eigenvalue weighted by molar-refractivity contribution is -0.0498. The van der Waals surface area contributed by atoms with Crippen LogP contribution in [0.5, 0.6) is 5.75 Å². The Morgan fingerprint density at radius 1 is 1.25 bits per heavy atom. The van der Waals surface area contributed by atoms with E-state index < -0.39 is 6.61 Å². The fourth-order valence-corrected chi connectivity index (χ4v) is 2.20. The van der Waals surface area contributed by atoms with Gasteiger partial charge >= 0.3 is 6.61 Å². The third-order valence-electron chi connectivity index (χ3n) is 3.39. The average molecular weight is 227 g/mol. The standard InChI is InChI=1S/C12H15F2NO/c13-11(14)16-10-4-2-9(3-5-10)12(8-15)6-1-7-12/h2-5,11H,1,6-8,15H2. The molecule has 0 atom stereocenters. The van der Waals surface area contributed by atoms with Crippen molar-refractivity contribution in [2.45, 2.75) is 31.3 Å². The normalized spacial score (nSPS) is 18.2. The van der Waals surface area contributed by atoms with Crippen LogP contribution in [0.15, 0.2) is 24.3 Å². The maximum atomic E-state index is 12.0. The molecule has 0 spiro atoms. The number of hydrogen-bond acceptors (Lipinski definition) is 2. The van der Waals surface area contributed by atoms with E-state index in [0.29, 0.717) is 6.54 Å². The first-order chi connectivity index (χ1) is 7.66. The van der Waals surface area contributed by atoms with Crippen LogP contribution in [0.4, 0.5) is 8.78 Å². The number of ether oxygens (including phenoxy) is 1. The number of rotatable bonds is 4. The highest BCUT2D eigenvalue weighted by Crippen LogP contribution is 2.43. The summed E-state index contributed by atoms with van der Waals surface area (Å²) >= 11 is 0. The molecular weight excluding hydrogens is 212 g/mol. The summed E-state index contributed by atoms with van der Waals surface area (Å²) in [4.78, 5) is 0. The molecule has 0 saturated heterocycles. The number of halogens is 2. The molecule has 0 heterocycles. The van der Waals surface area contributed by atoms with Crippen LogP contribution in [-0.4, -0.2) is 13.2 Å². The van der Waals surface area contributed by atoms with Gasteiger partial charge in [0.05, 0.1) is 0 Å². The van der Waals surface area contributed by atoms with Crippen LogP contribution in [-0.2, 0) is 5.41 Å². The van der Waals surface area contributed by atoms with Gasteiger partial charge in [-0.3, -0.25) is 0 Å². The van der Waals surface area contributed by atoms with E-state index in [-0.39, 0.29) is 11.2 Å². The number of nitrogens with two attached hydrogens (primary N) is 1. The molecule has 1 aromatic carbocycles.